The molecule has 0 spiro atoms. The van der Waals surface area contributed by atoms with Gasteiger partial charge < -0.3 is 5.21 Å². The zero-order valence-electron chi connectivity index (χ0n) is 7.77. The van der Waals surface area contributed by atoms with Crippen molar-refractivity contribution in [3.63, 3.8) is 0 Å². The maximum Gasteiger partial charge on any atom is 0.177 e. The molecule has 0 bridgehead atoms. The van der Waals surface area contributed by atoms with Gasteiger partial charge in [0.1, 0.15) is 10.8 Å². The topological polar surface area (TPSA) is 90.5 Å². The highest BCUT2D eigenvalue weighted by atomic mass is 32.2. The van der Waals surface area contributed by atoms with Crippen molar-refractivity contribution in [2.75, 3.05) is 5.75 Å². The first-order valence-electron chi connectivity index (χ1n) is 3.68. The van der Waals surface area contributed by atoms with E-state index in [-0.39, 0.29) is 5.75 Å². The summed E-state index contributed by atoms with van der Waals surface area (Å²) in [7, 11) is -3.43. The molecule has 0 heterocycles. The van der Waals surface area contributed by atoms with E-state index >= 15 is 0 Å². The minimum atomic E-state index is -3.43. The van der Waals surface area contributed by atoms with Gasteiger partial charge in [-0.1, -0.05) is 12.1 Å². The number of nitriles is 1. The van der Waals surface area contributed by atoms with Crippen LogP contribution in [0.15, 0.2) is 5.16 Å². The minimum Gasteiger partial charge on any atom is -0.410 e. The molecular weight excluding hydrogens is 192 g/mol. The molecule has 0 amide bonds. The second-order valence-electron chi connectivity index (χ2n) is 2.97. The zero-order chi connectivity index (χ0) is 10.7. The van der Waals surface area contributed by atoms with E-state index in [1.165, 1.54) is 20.8 Å². The van der Waals surface area contributed by atoms with Crippen LogP contribution >= 0.6 is 0 Å². The van der Waals surface area contributed by atoms with Crippen LogP contribution in [0.2, 0.25) is 0 Å². The molecule has 0 saturated carbocycles. The quantitative estimate of drug-likeness (QED) is 0.413. The van der Waals surface area contributed by atoms with Crippen molar-refractivity contribution in [2.45, 2.75) is 25.5 Å². The van der Waals surface area contributed by atoms with Gasteiger partial charge in [0.2, 0.25) is 0 Å². The standard InChI is InChI=1S/C7H12N2O3S/c1-4-13(11,12)7(2,3)6(5-8)9-10/h10H,4H2,1-3H3. The molecule has 13 heavy (non-hydrogen) atoms. The van der Waals surface area contributed by atoms with E-state index in [0.29, 0.717) is 0 Å². The Bertz CT molecular complexity index is 348. The molecule has 0 saturated heterocycles. The summed E-state index contributed by atoms with van der Waals surface area (Å²) in [6.07, 6.45) is 0. The predicted molar refractivity (Wildman–Crippen MR) is 48.4 cm³/mol. The third-order valence-corrected chi connectivity index (χ3v) is 4.44. The number of hydrogen-bond acceptors (Lipinski definition) is 5. The molecule has 0 rings (SSSR count). The first-order chi connectivity index (χ1) is 5.83. The molecule has 0 unspecified atom stereocenters. The molecule has 0 aliphatic carbocycles. The lowest BCUT2D eigenvalue weighted by atomic mass is 10.1. The van der Waals surface area contributed by atoms with Crippen molar-refractivity contribution in [1.82, 2.24) is 0 Å². The molecule has 0 aromatic carbocycles. The van der Waals surface area contributed by atoms with Crippen LogP contribution in [0.4, 0.5) is 0 Å². The van der Waals surface area contributed by atoms with Crippen LogP contribution in [0.1, 0.15) is 20.8 Å². The SMILES string of the molecule is CCS(=O)(=O)C(C)(C)C(C#N)=NO. The Morgan fingerprint density at radius 2 is 2.08 bits per heavy atom. The molecule has 5 nitrogen and oxygen atoms in total. The van der Waals surface area contributed by atoms with Crippen LogP contribution in [0.3, 0.4) is 0 Å². The highest BCUT2D eigenvalue weighted by Gasteiger charge is 2.38. The van der Waals surface area contributed by atoms with Crippen LogP contribution in [0, 0.1) is 11.3 Å². The Hall–Kier alpha value is -1.09. The Labute approximate surface area is 77.6 Å². The minimum absolute atomic E-state index is 0.0965. The number of sulfone groups is 1. The summed E-state index contributed by atoms with van der Waals surface area (Å²) in [5.74, 6) is -0.0965. The van der Waals surface area contributed by atoms with Gasteiger partial charge in [0.05, 0.1) is 0 Å². The van der Waals surface area contributed by atoms with Gasteiger partial charge in [-0.25, -0.2) is 8.42 Å². The van der Waals surface area contributed by atoms with Gasteiger partial charge in [-0.2, -0.15) is 5.26 Å². The number of oxime groups is 1. The van der Waals surface area contributed by atoms with Gasteiger partial charge in [0, 0.05) is 5.75 Å². The number of rotatable bonds is 3. The molecular formula is C7H12N2O3S. The summed E-state index contributed by atoms with van der Waals surface area (Å²) in [6, 6.07) is 1.55. The fourth-order valence-electron chi connectivity index (χ4n) is 0.786. The molecule has 0 aliphatic rings. The second kappa shape index (κ2) is 3.75. The van der Waals surface area contributed by atoms with Gasteiger partial charge in [-0.3, -0.25) is 0 Å². The highest BCUT2D eigenvalue weighted by molar-refractivity contribution is 7.93. The number of hydrogen-bond donors (Lipinski definition) is 1. The first kappa shape index (κ1) is 11.9. The van der Waals surface area contributed by atoms with Crippen molar-refractivity contribution >= 4 is 15.5 Å². The van der Waals surface area contributed by atoms with Crippen LogP contribution in [0.25, 0.3) is 0 Å². The summed E-state index contributed by atoms with van der Waals surface area (Å²) in [5.41, 5.74) is -0.394. The summed E-state index contributed by atoms with van der Waals surface area (Å²) >= 11 is 0. The molecule has 0 atom stereocenters. The van der Waals surface area contributed by atoms with Crippen LogP contribution in [0.5, 0.6) is 0 Å². The third kappa shape index (κ3) is 1.98. The van der Waals surface area contributed by atoms with Crippen LogP contribution < -0.4 is 0 Å². The lowest BCUT2D eigenvalue weighted by Gasteiger charge is -2.20. The average molecular weight is 204 g/mol. The molecule has 6 heteroatoms. The van der Waals surface area contributed by atoms with E-state index in [0.717, 1.165) is 0 Å². The van der Waals surface area contributed by atoms with E-state index in [1.807, 2.05) is 0 Å². The van der Waals surface area contributed by atoms with E-state index < -0.39 is 20.3 Å². The fraction of sp³-hybridized carbons (Fsp3) is 0.714. The Morgan fingerprint density at radius 3 is 2.31 bits per heavy atom. The van der Waals surface area contributed by atoms with Gasteiger partial charge in [0.15, 0.2) is 15.5 Å². The normalized spacial score (nSPS) is 13.8. The third-order valence-electron chi connectivity index (χ3n) is 1.93. The molecule has 0 aromatic heterocycles. The fourth-order valence-corrected chi connectivity index (χ4v) is 1.89. The smallest absolute Gasteiger partial charge is 0.177 e. The van der Waals surface area contributed by atoms with Gasteiger partial charge in [-0.15, -0.1) is 0 Å². The highest BCUT2D eigenvalue weighted by Crippen LogP contribution is 2.19. The van der Waals surface area contributed by atoms with Crippen molar-refractivity contribution in [3.05, 3.63) is 0 Å². The van der Waals surface area contributed by atoms with Gasteiger partial charge in [0.25, 0.3) is 0 Å². The lowest BCUT2D eigenvalue weighted by molar-refractivity contribution is 0.317. The van der Waals surface area contributed by atoms with E-state index in [2.05, 4.69) is 5.16 Å². The molecule has 0 fully saturated rings. The van der Waals surface area contributed by atoms with Crippen molar-refractivity contribution in [2.24, 2.45) is 5.16 Å². The lowest BCUT2D eigenvalue weighted by Crippen LogP contribution is -2.41. The molecule has 0 aliphatic heterocycles. The monoisotopic (exact) mass is 204 g/mol. The molecule has 0 radical (unpaired) electrons. The average Bonchev–Trinajstić information content (AvgIpc) is 2.06. The molecule has 74 valence electrons. The van der Waals surface area contributed by atoms with Crippen molar-refractivity contribution in [1.29, 1.82) is 5.26 Å². The second-order valence-corrected chi connectivity index (χ2v) is 5.80. The Balaban J connectivity index is 5.36. The Kier molecular flexibility index (Phi) is 3.43. The zero-order valence-corrected chi connectivity index (χ0v) is 8.59. The maximum atomic E-state index is 11.4. The van der Waals surface area contributed by atoms with E-state index in [1.54, 1.807) is 6.07 Å². The number of nitrogens with zero attached hydrogens (tertiary/aromatic N) is 2. The van der Waals surface area contributed by atoms with Gasteiger partial charge >= 0.3 is 0 Å². The first-order valence-corrected chi connectivity index (χ1v) is 5.33. The molecule has 0 aromatic rings. The summed E-state index contributed by atoms with van der Waals surface area (Å²) < 4.78 is 21.4. The van der Waals surface area contributed by atoms with Crippen molar-refractivity contribution in [3.8, 4) is 6.07 Å². The molecule has 1 N–H and O–H groups in total. The van der Waals surface area contributed by atoms with E-state index in [4.69, 9.17) is 10.5 Å². The van der Waals surface area contributed by atoms with Gasteiger partial charge in [-0.05, 0) is 13.8 Å². The Morgan fingerprint density at radius 1 is 1.62 bits per heavy atom. The summed E-state index contributed by atoms with van der Waals surface area (Å²) in [6.45, 7) is 4.15. The maximum absolute atomic E-state index is 11.4. The largest absolute Gasteiger partial charge is 0.410 e. The summed E-state index contributed by atoms with van der Waals surface area (Å²) in [4.78, 5) is 0. The van der Waals surface area contributed by atoms with Crippen LogP contribution in [-0.4, -0.2) is 29.8 Å². The van der Waals surface area contributed by atoms with Crippen LogP contribution in [-0.2, 0) is 9.84 Å². The van der Waals surface area contributed by atoms with E-state index in [9.17, 15) is 8.42 Å². The predicted octanol–water partition coefficient (Wildman–Crippen LogP) is 0.553. The van der Waals surface area contributed by atoms with Crippen molar-refractivity contribution < 1.29 is 13.6 Å². The summed E-state index contributed by atoms with van der Waals surface area (Å²) in [5, 5.41) is 19.6.